The Hall–Kier alpha value is -2.94. The number of aryl methyl sites for hydroxylation is 1. The summed E-state index contributed by atoms with van der Waals surface area (Å²) in [5, 5.41) is 7.03. The highest BCUT2D eigenvalue weighted by Crippen LogP contribution is 2.25. The van der Waals surface area contributed by atoms with Crippen molar-refractivity contribution < 1.29 is 14.3 Å². The second-order valence-electron chi connectivity index (χ2n) is 7.70. The van der Waals surface area contributed by atoms with Crippen LogP contribution in [0.25, 0.3) is 6.08 Å². The van der Waals surface area contributed by atoms with Crippen molar-refractivity contribution in [1.29, 1.82) is 0 Å². The molecule has 0 spiro atoms. The monoisotopic (exact) mass is 428 g/mol. The molecule has 2 aromatic heterocycles. The van der Waals surface area contributed by atoms with Gasteiger partial charge in [-0.2, -0.15) is 5.10 Å². The van der Waals surface area contributed by atoms with Crippen LogP contribution in [0, 0.1) is 20.8 Å². The van der Waals surface area contributed by atoms with Gasteiger partial charge in [-0.05, 0) is 40.7 Å². The van der Waals surface area contributed by atoms with Crippen LogP contribution in [0.5, 0.6) is 0 Å². The van der Waals surface area contributed by atoms with Crippen molar-refractivity contribution in [1.82, 2.24) is 29.5 Å². The number of piperazine rings is 1. The first-order valence-electron chi connectivity index (χ1n) is 10.8. The molecule has 31 heavy (non-hydrogen) atoms. The van der Waals surface area contributed by atoms with E-state index in [4.69, 9.17) is 4.74 Å². The van der Waals surface area contributed by atoms with Gasteiger partial charge in [-0.25, -0.2) is 9.78 Å². The fourth-order valence-electron chi connectivity index (χ4n) is 4.09. The number of aromatic nitrogens is 4. The lowest BCUT2D eigenvalue weighted by atomic mass is 10.1. The molecule has 1 aliphatic heterocycles. The Morgan fingerprint density at radius 2 is 1.81 bits per heavy atom. The van der Waals surface area contributed by atoms with Crippen LogP contribution in [0.2, 0.25) is 0 Å². The van der Waals surface area contributed by atoms with E-state index in [2.05, 4.69) is 24.6 Å². The molecule has 0 unspecified atom stereocenters. The zero-order chi connectivity index (χ0) is 22.5. The van der Waals surface area contributed by atoms with Gasteiger partial charge in [-0.3, -0.25) is 14.8 Å². The average Bonchev–Trinajstić information content (AvgIpc) is 3.26. The Balaban J connectivity index is 1.67. The van der Waals surface area contributed by atoms with E-state index in [1.165, 1.54) is 0 Å². The number of ether oxygens (including phenoxy) is 1. The number of rotatable bonds is 7. The third-order valence-corrected chi connectivity index (χ3v) is 5.71. The van der Waals surface area contributed by atoms with Crippen molar-refractivity contribution in [3.63, 3.8) is 0 Å². The molecule has 0 radical (unpaired) electrons. The molecule has 0 aliphatic carbocycles. The third-order valence-electron chi connectivity index (χ3n) is 5.71. The Kier molecular flexibility index (Phi) is 7.27. The minimum absolute atomic E-state index is 0.0514. The van der Waals surface area contributed by atoms with Crippen molar-refractivity contribution in [2.24, 2.45) is 0 Å². The van der Waals surface area contributed by atoms with Gasteiger partial charge in [0.15, 0.2) is 5.82 Å². The molecule has 168 valence electrons. The molecule has 3 rings (SSSR count). The van der Waals surface area contributed by atoms with Gasteiger partial charge in [0, 0.05) is 55.8 Å². The number of hydrogen-bond donors (Lipinski definition) is 1. The number of nitrogens with one attached hydrogen (secondary N) is 1. The van der Waals surface area contributed by atoms with Gasteiger partial charge < -0.3 is 14.2 Å². The summed E-state index contributed by atoms with van der Waals surface area (Å²) in [4.78, 5) is 33.7. The first-order valence-corrected chi connectivity index (χ1v) is 10.8. The molecular weight excluding hydrogens is 396 g/mol. The van der Waals surface area contributed by atoms with Gasteiger partial charge in [0.2, 0.25) is 5.91 Å². The number of H-pyrrole nitrogens is 1. The van der Waals surface area contributed by atoms with Gasteiger partial charge in [0.05, 0.1) is 18.7 Å². The van der Waals surface area contributed by atoms with E-state index in [-0.39, 0.29) is 11.9 Å². The molecule has 0 bridgehead atoms. The van der Waals surface area contributed by atoms with Crippen LogP contribution in [0.4, 0.5) is 0 Å². The molecule has 9 nitrogen and oxygen atoms in total. The summed E-state index contributed by atoms with van der Waals surface area (Å²) in [6.45, 7) is 14.1. The highest BCUT2D eigenvalue weighted by atomic mass is 16.5. The van der Waals surface area contributed by atoms with E-state index < -0.39 is 0 Å². The van der Waals surface area contributed by atoms with Gasteiger partial charge in [0.1, 0.15) is 5.82 Å². The number of carbonyl (C=O) groups excluding carboxylic acids is 2. The van der Waals surface area contributed by atoms with Gasteiger partial charge in [-0.1, -0.05) is 0 Å². The first-order chi connectivity index (χ1) is 14.8. The number of nitrogens with zero attached hydrogens (tertiary/aromatic N) is 5. The summed E-state index contributed by atoms with van der Waals surface area (Å²) < 4.78 is 7.32. The van der Waals surface area contributed by atoms with E-state index in [1.807, 2.05) is 32.6 Å². The second-order valence-corrected chi connectivity index (χ2v) is 7.70. The van der Waals surface area contributed by atoms with Crippen LogP contribution in [0.3, 0.4) is 0 Å². The SMILES string of the molecule is CCOC(=O)c1c(/C=C/C(=O)N2CCN(Cc3n[nH]c(C)n3)CC2)c(C)n(CC)c1C. The van der Waals surface area contributed by atoms with Gasteiger partial charge in [0.25, 0.3) is 0 Å². The zero-order valence-electron chi connectivity index (χ0n) is 19.1. The minimum Gasteiger partial charge on any atom is -0.462 e. The number of esters is 1. The van der Waals surface area contributed by atoms with Crippen LogP contribution in [-0.4, -0.2) is 74.2 Å². The van der Waals surface area contributed by atoms with Crippen LogP contribution in [0.15, 0.2) is 6.08 Å². The second kappa shape index (κ2) is 9.91. The zero-order valence-corrected chi connectivity index (χ0v) is 19.1. The van der Waals surface area contributed by atoms with E-state index in [9.17, 15) is 9.59 Å². The molecule has 0 aromatic carbocycles. The third kappa shape index (κ3) is 5.04. The Labute approximate surface area is 183 Å². The minimum atomic E-state index is -0.349. The molecule has 1 amide bonds. The summed E-state index contributed by atoms with van der Waals surface area (Å²) in [7, 11) is 0. The number of carbonyl (C=O) groups is 2. The Morgan fingerprint density at radius 1 is 1.10 bits per heavy atom. The molecule has 9 heteroatoms. The lowest BCUT2D eigenvalue weighted by Gasteiger charge is -2.33. The summed E-state index contributed by atoms with van der Waals surface area (Å²) in [5.41, 5.74) is 3.11. The molecule has 1 aliphatic rings. The quantitative estimate of drug-likeness (QED) is 0.536. The number of hydrogen-bond acceptors (Lipinski definition) is 6. The van der Waals surface area contributed by atoms with Crippen molar-refractivity contribution in [3.05, 3.63) is 40.2 Å². The number of amides is 1. The van der Waals surface area contributed by atoms with E-state index in [0.29, 0.717) is 31.8 Å². The van der Waals surface area contributed by atoms with E-state index >= 15 is 0 Å². The molecule has 1 saturated heterocycles. The van der Waals surface area contributed by atoms with Gasteiger partial charge in [-0.15, -0.1) is 0 Å². The summed E-state index contributed by atoms with van der Waals surface area (Å²) in [5.74, 6) is 1.18. The molecule has 3 heterocycles. The summed E-state index contributed by atoms with van der Waals surface area (Å²) in [6, 6.07) is 0. The standard InChI is InChI=1S/C22H32N6O3/c1-6-28-15(3)18(21(16(28)4)22(30)31-7-2)8-9-20(29)27-12-10-26(11-13-27)14-19-23-17(5)24-25-19/h8-9H,6-7,10-14H2,1-5H3,(H,23,24,25)/b9-8+. The Bertz CT molecular complexity index is 966. The predicted molar refractivity (Wildman–Crippen MR) is 118 cm³/mol. The van der Waals surface area contributed by atoms with Crippen molar-refractivity contribution >= 4 is 18.0 Å². The molecule has 0 saturated carbocycles. The van der Waals surface area contributed by atoms with Crippen LogP contribution < -0.4 is 0 Å². The van der Waals surface area contributed by atoms with Crippen molar-refractivity contribution in [2.45, 2.75) is 47.7 Å². The summed E-state index contributed by atoms with van der Waals surface area (Å²) >= 11 is 0. The topological polar surface area (TPSA) is 96.3 Å². The van der Waals surface area contributed by atoms with Crippen molar-refractivity contribution in [3.8, 4) is 0 Å². The smallest absolute Gasteiger partial charge is 0.340 e. The van der Waals surface area contributed by atoms with Crippen LogP contribution in [-0.2, 0) is 22.6 Å². The highest BCUT2D eigenvalue weighted by Gasteiger charge is 2.24. The number of aromatic amines is 1. The van der Waals surface area contributed by atoms with E-state index in [1.54, 1.807) is 19.1 Å². The predicted octanol–water partition coefficient (Wildman–Crippen LogP) is 2.09. The molecular formula is C22H32N6O3. The summed E-state index contributed by atoms with van der Waals surface area (Å²) in [6.07, 6.45) is 3.32. The molecule has 0 atom stereocenters. The maximum atomic E-state index is 12.8. The maximum Gasteiger partial charge on any atom is 0.340 e. The lowest BCUT2D eigenvalue weighted by molar-refractivity contribution is -0.127. The lowest BCUT2D eigenvalue weighted by Crippen LogP contribution is -2.47. The van der Waals surface area contributed by atoms with Gasteiger partial charge >= 0.3 is 5.97 Å². The van der Waals surface area contributed by atoms with Crippen LogP contribution in [0.1, 0.15) is 52.8 Å². The average molecular weight is 429 g/mol. The maximum absolute atomic E-state index is 12.8. The normalized spacial score (nSPS) is 15.1. The largest absolute Gasteiger partial charge is 0.462 e. The van der Waals surface area contributed by atoms with E-state index in [0.717, 1.165) is 48.2 Å². The van der Waals surface area contributed by atoms with Crippen LogP contribution >= 0.6 is 0 Å². The molecule has 1 N–H and O–H groups in total. The highest BCUT2D eigenvalue weighted by molar-refractivity contribution is 5.98. The Morgan fingerprint density at radius 3 is 2.39 bits per heavy atom. The van der Waals surface area contributed by atoms with Crippen molar-refractivity contribution in [2.75, 3.05) is 32.8 Å². The molecule has 2 aromatic rings. The fourth-order valence-corrected chi connectivity index (χ4v) is 4.09. The first kappa shape index (κ1) is 22.7. The molecule has 1 fully saturated rings. The fraction of sp³-hybridized carbons (Fsp3) is 0.545.